The second-order valence-electron chi connectivity index (χ2n) is 4.54. The molecule has 0 radical (unpaired) electrons. The number of nitrogens with zero attached hydrogens (tertiary/aromatic N) is 2. The molecule has 0 saturated carbocycles. The van der Waals surface area contributed by atoms with Crippen molar-refractivity contribution < 1.29 is 5.11 Å². The average molecular weight is 265 g/mol. The van der Waals surface area contributed by atoms with Crippen molar-refractivity contribution in [3.8, 4) is 0 Å². The lowest BCUT2D eigenvalue weighted by Crippen LogP contribution is -2.03. The predicted octanol–water partition coefficient (Wildman–Crippen LogP) is 2.97. The van der Waals surface area contributed by atoms with Crippen LogP contribution in [-0.2, 0) is 13.5 Å². The second-order valence-corrected chi connectivity index (χ2v) is 4.98. The SMILES string of the molecule is Cc1nn(C)c(C)c1CC(O)c1ccc(Cl)cc1. The van der Waals surface area contributed by atoms with E-state index in [0.29, 0.717) is 11.4 Å². The van der Waals surface area contributed by atoms with Gasteiger partial charge in [-0.25, -0.2) is 0 Å². The summed E-state index contributed by atoms with van der Waals surface area (Å²) < 4.78 is 1.85. The third-order valence-corrected chi connectivity index (χ3v) is 3.56. The van der Waals surface area contributed by atoms with E-state index in [1.165, 1.54) is 0 Å². The van der Waals surface area contributed by atoms with Crippen molar-refractivity contribution >= 4 is 11.6 Å². The lowest BCUT2D eigenvalue weighted by atomic mass is 10.0. The molecule has 1 atom stereocenters. The van der Waals surface area contributed by atoms with Crippen molar-refractivity contribution in [2.75, 3.05) is 0 Å². The van der Waals surface area contributed by atoms with Gasteiger partial charge in [0.25, 0.3) is 0 Å². The Kier molecular flexibility index (Phi) is 3.73. The Bertz CT molecular complexity index is 546. The molecule has 0 bridgehead atoms. The molecular formula is C14H17ClN2O. The van der Waals surface area contributed by atoms with Crippen LogP contribution in [0, 0.1) is 13.8 Å². The maximum absolute atomic E-state index is 10.2. The Morgan fingerprint density at radius 1 is 1.28 bits per heavy atom. The summed E-state index contributed by atoms with van der Waals surface area (Å²) in [6.07, 6.45) is 0.0523. The highest BCUT2D eigenvalue weighted by Crippen LogP contribution is 2.23. The van der Waals surface area contributed by atoms with Crippen LogP contribution in [0.5, 0.6) is 0 Å². The number of hydrogen-bond donors (Lipinski definition) is 1. The predicted molar refractivity (Wildman–Crippen MR) is 72.8 cm³/mol. The third-order valence-electron chi connectivity index (χ3n) is 3.31. The summed E-state index contributed by atoms with van der Waals surface area (Å²) in [5.74, 6) is 0. The van der Waals surface area contributed by atoms with E-state index < -0.39 is 6.10 Å². The number of hydrogen-bond acceptors (Lipinski definition) is 2. The van der Waals surface area contributed by atoms with Gasteiger partial charge < -0.3 is 5.11 Å². The summed E-state index contributed by atoms with van der Waals surface area (Å²) in [6.45, 7) is 3.99. The molecule has 2 aromatic rings. The molecule has 1 aromatic heterocycles. The van der Waals surface area contributed by atoms with Gasteiger partial charge in [-0.05, 0) is 37.1 Å². The first-order chi connectivity index (χ1) is 8.49. The van der Waals surface area contributed by atoms with E-state index in [2.05, 4.69) is 5.10 Å². The molecule has 0 saturated heterocycles. The quantitative estimate of drug-likeness (QED) is 0.926. The molecular weight excluding hydrogens is 248 g/mol. The molecule has 1 unspecified atom stereocenters. The zero-order valence-corrected chi connectivity index (χ0v) is 11.6. The monoisotopic (exact) mass is 264 g/mol. The van der Waals surface area contributed by atoms with E-state index in [1.54, 1.807) is 12.1 Å². The maximum Gasteiger partial charge on any atom is 0.0831 e. The molecule has 0 aliphatic rings. The first kappa shape index (κ1) is 13.1. The summed E-state index contributed by atoms with van der Waals surface area (Å²) >= 11 is 5.84. The number of rotatable bonds is 3. The van der Waals surface area contributed by atoms with Crippen LogP contribution in [0.15, 0.2) is 24.3 Å². The van der Waals surface area contributed by atoms with Gasteiger partial charge in [-0.3, -0.25) is 4.68 Å². The molecule has 1 aromatic carbocycles. The summed E-state index contributed by atoms with van der Waals surface area (Å²) in [5.41, 5.74) is 4.06. The molecule has 0 amide bonds. The number of aliphatic hydroxyl groups is 1. The number of aliphatic hydroxyl groups excluding tert-OH is 1. The molecule has 1 N–H and O–H groups in total. The molecule has 3 nitrogen and oxygen atoms in total. The van der Waals surface area contributed by atoms with Crippen molar-refractivity contribution in [1.29, 1.82) is 0 Å². The highest BCUT2D eigenvalue weighted by molar-refractivity contribution is 6.30. The number of halogens is 1. The fourth-order valence-electron chi connectivity index (χ4n) is 2.11. The summed E-state index contributed by atoms with van der Waals surface area (Å²) in [7, 11) is 1.92. The van der Waals surface area contributed by atoms with Crippen molar-refractivity contribution in [3.05, 3.63) is 51.8 Å². The molecule has 96 valence electrons. The molecule has 0 aliphatic carbocycles. The van der Waals surface area contributed by atoms with E-state index >= 15 is 0 Å². The average Bonchev–Trinajstić information content (AvgIpc) is 2.57. The van der Waals surface area contributed by atoms with Crippen LogP contribution >= 0.6 is 11.6 Å². The number of aryl methyl sites for hydroxylation is 2. The van der Waals surface area contributed by atoms with E-state index in [1.807, 2.05) is 37.7 Å². The lowest BCUT2D eigenvalue weighted by Gasteiger charge is -2.11. The Balaban J connectivity index is 2.21. The summed E-state index contributed by atoms with van der Waals surface area (Å²) in [6, 6.07) is 7.30. The largest absolute Gasteiger partial charge is 0.388 e. The Labute approximate surface area is 112 Å². The molecule has 0 fully saturated rings. The van der Waals surface area contributed by atoms with Crippen LogP contribution in [0.25, 0.3) is 0 Å². The van der Waals surface area contributed by atoms with Crippen LogP contribution in [0.3, 0.4) is 0 Å². The molecule has 18 heavy (non-hydrogen) atoms. The van der Waals surface area contributed by atoms with Gasteiger partial charge in [0.05, 0.1) is 11.8 Å². The summed E-state index contributed by atoms with van der Waals surface area (Å²) in [4.78, 5) is 0. The minimum atomic E-state index is -0.524. The standard InChI is InChI=1S/C14H17ClN2O/c1-9-13(10(2)17(3)16-9)8-14(18)11-4-6-12(15)7-5-11/h4-7,14,18H,8H2,1-3H3. The zero-order chi connectivity index (χ0) is 13.3. The molecule has 2 rings (SSSR count). The first-order valence-corrected chi connectivity index (χ1v) is 6.29. The molecule has 4 heteroatoms. The normalized spacial score (nSPS) is 12.7. The van der Waals surface area contributed by atoms with Gasteiger partial charge in [0.1, 0.15) is 0 Å². The van der Waals surface area contributed by atoms with E-state index in [0.717, 1.165) is 22.5 Å². The van der Waals surface area contributed by atoms with Gasteiger partial charge in [-0.2, -0.15) is 5.10 Å². The lowest BCUT2D eigenvalue weighted by molar-refractivity contribution is 0.178. The van der Waals surface area contributed by atoms with Gasteiger partial charge in [0, 0.05) is 24.2 Å². The van der Waals surface area contributed by atoms with Gasteiger partial charge in [-0.1, -0.05) is 23.7 Å². The molecule has 0 aliphatic heterocycles. The van der Waals surface area contributed by atoms with Crippen LogP contribution in [-0.4, -0.2) is 14.9 Å². The van der Waals surface area contributed by atoms with Crippen LogP contribution in [0.4, 0.5) is 0 Å². The van der Waals surface area contributed by atoms with Crippen molar-refractivity contribution in [2.24, 2.45) is 7.05 Å². The maximum atomic E-state index is 10.2. The van der Waals surface area contributed by atoms with Gasteiger partial charge in [-0.15, -0.1) is 0 Å². The van der Waals surface area contributed by atoms with Crippen LogP contribution in [0.1, 0.15) is 28.6 Å². The topological polar surface area (TPSA) is 38.0 Å². The Hall–Kier alpha value is -1.32. The van der Waals surface area contributed by atoms with Gasteiger partial charge >= 0.3 is 0 Å². The van der Waals surface area contributed by atoms with Crippen molar-refractivity contribution in [1.82, 2.24) is 9.78 Å². The number of aromatic nitrogens is 2. The van der Waals surface area contributed by atoms with Gasteiger partial charge in [0.2, 0.25) is 0 Å². The third kappa shape index (κ3) is 2.57. The van der Waals surface area contributed by atoms with Crippen molar-refractivity contribution in [2.45, 2.75) is 26.4 Å². The van der Waals surface area contributed by atoms with E-state index in [-0.39, 0.29) is 0 Å². The van der Waals surface area contributed by atoms with Crippen LogP contribution < -0.4 is 0 Å². The fraction of sp³-hybridized carbons (Fsp3) is 0.357. The zero-order valence-electron chi connectivity index (χ0n) is 10.8. The first-order valence-electron chi connectivity index (χ1n) is 5.91. The molecule has 0 spiro atoms. The van der Waals surface area contributed by atoms with Crippen LogP contribution in [0.2, 0.25) is 5.02 Å². The van der Waals surface area contributed by atoms with Gasteiger partial charge in [0.15, 0.2) is 0 Å². The fourth-order valence-corrected chi connectivity index (χ4v) is 2.24. The second kappa shape index (κ2) is 5.12. The summed E-state index contributed by atoms with van der Waals surface area (Å²) in [5, 5.41) is 15.3. The number of benzene rings is 1. The molecule has 1 heterocycles. The highest BCUT2D eigenvalue weighted by atomic mass is 35.5. The van der Waals surface area contributed by atoms with Crippen molar-refractivity contribution in [3.63, 3.8) is 0 Å². The Morgan fingerprint density at radius 3 is 2.39 bits per heavy atom. The Morgan fingerprint density at radius 2 is 1.89 bits per heavy atom. The minimum absolute atomic E-state index is 0.524. The highest BCUT2D eigenvalue weighted by Gasteiger charge is 2.15. The van der Waals surface area contributed by atoms with E-state index in [9.17, 15) is 5.11 Å². The smallest absolute Gasteiger partial charge is 0.0831 e. The minimum Gasteiger partial charge on any atom is -0.388 e. The van der Waals surface area contributed by atoms with E-state index in [4.69, 9.17) is 11.6 Å².